The minimum atomic E-state index is -2.90. The summed E-state index contributed by atoms with van der Waals surface area (Å²) in [5.74, 6) is -9.25. The average Bonchev–Trinajstić information content (AvgIpc) is 2.95. The number of primary amides is 1. The zero-order chi connectivity index (χ0) is 35.0. The van der Waals surface area contributed by atoms with Gasteiger partial charge in [-0.2, -0.15) is 0 Å². The largest absolute Gasteiger partial charge is 0.507 e. The fourth-order valence-electron chi connectivity index (χ4n) is 8.27. The van der Waals surface area contributed by atoms with E-state index in [2.05, 4.69) is 5.32 Å². The molecule has 2 aromatic carbocycles. The van der Waals surface area contributed by atoms with Crippen LogP contribution in [0.1, 0.15) is 47.3 Å². The first-order chi connectivity index (χ1) is 21.8. The number of hydrogen-bond donors (Lipinski definition) is 4. The number of carbonyl (C=O) groups is 6. The van der Waals surface area contributed by atoms with Crippen molar-refractivity contribution < 1.29 is 43.7 Å². The number of nitrogens with one attached hydrogen (secondary N) is 1. The summed E-state index contributed by atoms with van der Waals surface area (Å²) in [5.41, 5.74) is 1.58. The van der Waals surface area contributed by atoms with Gasteiger partial charge in [-0.1, -0.05) is 31.5 Å². The molecule has 0 aromatic heterocycles. The number of Topliss-reactive ketones (excluding diaryl/α,β-unsaturated/α-hetero) is 4. The van der Waals surface area contributed by atoms with Gasteiger partial charge >= 0.3 is 6.09 Å². The summed E-state index contributed by atoms with van der Waals surface area (Å²) >= 11 is 0. The summed E-state index contributed by atoms with van der Waals surface area (Å²) in [5, 5.41) is 26.2. The van der Waals surface area contributed by atoms with Gasteiger partial charge < -0.3 is 30.9 Å². The van der Waals surface area contributed by atoms with Crippen molar-refractivity contribution in [3.63, 3.8) is 0 Å². The monoisotopic (exact) mass is 648 g/mol. The molecule has 2 fully saturated rings. The van der Waals surface area contributed by atoms with Gasteiger partial charge in [0, 0.05) is 37.3 Å². The fraction of sp³-hybridized carbons (Fsp3) is 0.471. The molecule has 2 amide bonds. The summed E-state index contributed by atoms with van der Waals surface area (Å²) in [6, 6.07) is 7.19. The normalized spacial score (nSPS) is 29.9. The van der Waals surface area contributed by atoms with Crippen LogP contribution in [0, 0.1) is 29.6 Å². The SMILES string of the molecule is Cc1ccc(OC(=O)NCc2cc(N(C)C)c3c(c2O)C(=O)C2C(=O)[C@]4(O)C(=O)C(C(N)=O)C(=O)[C@@H](N(C)C)[C@]4(C)C[C@]2(C)C3)cc1. The number of carbonyl (C=O) groups excluding carboxylic acids is 6. The number of nitrogens with zero attached hydrogens (tertiary/aromatic N) is 2. The van der Waals surface area contributed by atoms with Crippen LogP contribution in [0.5, 0.6) is 11.5 Å². The second-order valence-corrected chi connectivity index (χ2v) is 14.0. The minimum absolute atomic E-state index is 0.0716. The highest BCUT2D eigenvalue weighted by atomic mass is 16.6. The minimum Gasteiger partial charge on any atom is -0.507 e. The zero-order valence-corrected chi connectivity index (χ0v) is 27.5. The molecule has 0 aliphatic heterocycles. The van der Waals surface area contributed by atoms with E-state index in [-0.39, 0.29) is 30.5 Å². The Morgan fingerprint density at radius 1 is 1.04 bits per heavy atom. The molecule has 6 atom stereocenters. The molecular formula is C34H40N4O9. The molecule has 0 heterocycles. The van der Waals surface area contributed by atoms with E-state index in [9.17, 15) is 39.0 Å². The van der Waals surface area contributed by atoms with Gasteiger partial charge in [0.2, 0.25) is 5.91 Å². The second kappa shape index (κ2) is 11.3. The smallest absolute Gasteiger partial charge is 0.412 e. The van der Waals surface area contributed by atoms with Crippen molar-refractivity contribution in [2.75, 3.05) is 33.1 Å². The molecule has 13 nitrogen and oxygen atoms in total. The molecule has 13 heteroatoms. The molecule has 2 saturated carbocycles. The second-order valence-electron chi connectivity index (χ2n) is 14.0. The van der Waals surface area contributed by atoms with Crippen LogP contribution in [0.3, 0.4) is 0 Å². The molecule has 0 bridgehead atoms. The number of fused-ring (bicyclic) bond motifs is 3. The molecule has 0 radical (unpaired) electrons. The third-order valence-corrected chi connectivity index (χ3v) is 10.2. The highest BCUT2D eigenvalue weighted by Gasteiger charge is 2.76. The Morgan fingerprint density at radius 3 is 2.21 bits per heavy atom. The first kappa shape index (κ1) is 33.7. The molecule has 5 rings (SSSR count). The molecule has 0 spiro atoms. The Bertz CT molecular complexity index is 1740. The van der Waals surface area contributed by atoms with Crippen LogP contribution < -0.4 is 20.7 Å². The predicted molar refractivity (Wildman–Crippen MR) is 169 cm³/mol. The van der Waals surface area contributed by atoms with Crippen molar-refractivity contribution in [2.24, 2.45) is 28.4 Å². The van der Waals surface area contributed by atoms with E-state index < -0.39 is 75.2 Å². The van der Waals surface area contributed by atoms with Gasteiger partial charge in [0.25, 0.3) is 0 Å². The number of ether oxygens (including phenoxy) is 1. The zero-order valence-electron chi connectivity index (χ0n) is 27.5. The molecule has 3 aliphatic rings. The third kappa shape index (κ3) is 4.91. The van der Waals surface area contributed by atoms with E-state index in [4.69, 9.17) is 10.5 Å². The molecular weight excluding hydrogens is 608 g/mol. The summed E-state index contributed by atoms with van der Waals surface area (Å²) in [4.78, 5) is 84.4. The summed E-state index contributed by atoms with van der Waals surface area (Å²) < 4.78 is 5.31. The van der Waals surface area contributed by atoms with Crippen molar-refractivity contribution in [2.45, 2.75) is 51.8 Å². The number of benzene rings is 2. The Hall–Kier alpha value is -4.62. The molecule has 47 heavy (non-hydrogen) atoms. The van der Waals surface area contributed by atoms with Gasteiger partial charge in [0.15, 0.2) is 34.7 Å². The number of anilines is 1. The first-order valence-electron chi connectivity index (χ1n) is 15.2. The Labute approximate surface area is 272 Å². The maximum Gasteiger partial charge on any atom is 0.412 e. The van der Waals surface area contributed by atoms with E-state index in [1.807, 2.05) is 6.92 Å². The number of ketones is 4. The van der Waals surface area contributed by atoms with Crippen LogP contribution in [0.15, 0.2) is 30.3 Å². The highest BCUT2D eigenvalue weighted by Crippen LogP contribution is 2.62. The van der Waals surface area contributed by atoms with Gasteiger partial charge in [0.05, 0.1) is 17.5 Å². The van der Waals surface area contributed by atoms with Gasteiger partial charge in [0.1, 0.15) is 11.5 Å². The lowest BCUT2D eigenvalue weighted by atomic mass is 9.42. The number of hydrogen-bond acceptors (Lipinski definition) is 11. The number of rotatable bonds is 6. The van der Waals surface area contributed by atoms with E-state index in [1.165, 1.54) is 25.9 Å². The van der Waals surface area contributed by atoms with Gasteiger partial charge in [-0.25, -0.2) is 4.79 Å². The summed E-state index contributed by atoms with van der Waals surface area (Å²) in [6.45, 7) is 4.80. The van der Waals surface area contributed by atoms with E-state index in [0.29, 0.717) is 17.0 Å². The lowest BCUT2D eigenvalue weighted by molar-refractivity contribution is -0.203. The summed E-state index contributed by atoms with van der Waals surface area (Å²) in [7, 11) is 6.56. The molecule has 2 unspecified atom stereocenters. The Balaban J connectivity index is 1.58. The quantitative estimate of drug-likeness (QED) is 0.330. The van der Waals surface area contributed by atoms with Crippen molar-refractivity contribution in [1.82, 2.24) is 10.2 Å². The van der Waals surface area contributed by atoms with Crippen molar-refractivity contribution in [3.05, 3.63) is 52.6 Å². The summed E-state index contributed by atoms with van der Waals surface area (Å²) in [6.07, 6.45) is -0.849. The molecule has 3 aliphatic carbocycles. The van der Waals surface area contributed by atoms with Gasteiger partial charge in [-0.15, -0.1) is 0 Å². The highest BCUT2D eigenvalue weighted by molar-refractivity contribution is 6.33. The fourth-order valence-corrected chi connectivity index (χ4v) is 8.27. The number of phenols is 1. The van der Waals surface area contributed by atoms with E-state index in [0.717, 1.165) is 5.56 Å². The number of aliphatic hydroxyl groups is 1. The predicted octanol–water partition coefficient (Wildman–Crippen LogP) is 1.31. The topological polar surface area (TPSA) is 197 Å². The van der Waals surface area contributed by atoms with Crippen LogP contribution in [0.4, 0.5) is 10.5 Å². The number of aromatic hydroxyl groups is 1. The maximum atomic E-state index is 14.5. The van der Waals surface area contributed by atoms with Crippen LogP contribution in [0.2, 0.25) is 0 Å². The van der Waals surface area contributed by atoms with Gasteiger partial charge in [-0.05, 0) is 63.0 Å². The number of nitrogens with two attached hydrogens (primary N) is 1. The van der Waals surface area contributed by atoms with Crippen LogP contribution >= 0.6 is 0 Å². The maximum absolute atomic E-state index is 14.5. The first-order valence-corrected chi connectivity index (χ1v) is 15.2. The number of amides is 2. The number of aryl methyl sites for hydroxylation is 1. The van der Waals surface area contributed by atoms with Crippen molar-refractivity contribution in [1.29, 1.82) is 0 Å². The van der Waals surface area contributed by atoms with Gasteiger partial charge in [-0.3, -0.25) is 28.9 Å². The van der Waals surface area contributed by atoms with Crippen LogP contribution in [-0.4, -0.2) is 90.1 Å². The molecule has 250 valence electrons. The van der Waals surface area contributed by atoms with Crippen LogP contribution in [0.25, 0.3) is 0 Å². The van der Waals surface area contributed by atoms with Crippen molar-refractivity contribution in [3.8, 4) is 11.5 Å². The number of phenolic OH excluding ortho intramolecular Hbond substituents is 1. The Morgan fingerprint density at radius 2 is 1.66 bits per heavy atom. The lowest BCUT2D eigenvalue weighted by Gasteiger charge is -2.61. The third-order valence-electron chi connectivity index (χ3n) is 10.2. The van der Waals surface area contributed by atoms with E-state index in [1.54, 1.807) is 56.3 Å². The lowest BCUT2D eigenvalue weighted by Crippen LogP contribution is -2.79. The standard InChI is InChI=1S/C34H40N4O9/c1-16-8-10-18(11-9-16)47-31(45)36-14-17-12-20(37(4)5)19-13-32(2)15-33(3)27(38(6)7)26(41)22(30(35)44)28(42)34(33,46)29(43)23(32)25(40)21(19)24(17)39/h8-12,22-23,27,39,46H,13-15H2,1-7H3,(H2,35,44)(H,36,45)/t22?,23?,27-,32+,33+,34-/m1/s1. The molecule has 0 saturated heterocycles. The Kier molecular flexibility index (Phi) is 8.09. The molecule has 2 aromatic rings. The number of likely N-dealkylation sites (N-methyl/N-ethyl adjacent to an activating group) is 1. The van der Waals surface area contributed by atoms with Crippen molar-refractivity contribution >= 4 is 40.8 Å². The van der Waals surface area contributed by atoms with E-state index >= 15 is 0 Å². The average molecular weight is 649 g/mol. The van der Waals surface area contributed by atoms with Crippen LogP contribution in [-0.2, 0) is 32.1 Å². The molecule has 5 N–H and O–H groups in total.